The molecule has 9 heteroatoms. The number of nitrogens with one attached hydrogen (secondary N) is 1. The van der Waals surface area contributed by atoms with Crippen molar-refractivity contribution in [2.45, 2.75) is 6.92 Å². The van der Waals surface area contributed by atoms with Crippen molar-refractivity contribution in [3.8, 4) is 5.75 Å². The van der Waals surface area contributed by atoms with E-state index in [-0.39, 0.29) is 17.7 Å². The highest BCUT2D eigenvalue weighted by Gasteiger charge is 2.25. The van der Waals surface area contributed by atoms with Crippen LogP contribution >= 0.6 is 11.3 Å². The van der Waals surface area contributed by atoms with Gasteiger partial charge in [0.2, 0.25) is 5.91 Å². The summed E-state index contributed by atoms with van der Waals surface area (Å²) in [5, 5.41) is 4.69. The van der Waals surface area contributed by atoms with Gasteiger partial charge in [-0.25, -0.2) is 4.98 Å². The average Bonchev–Trinajstić information content (AvgIpc) is 3.16. The standard InChI is InChI=1S/C18H20N4O4S/c1-12(23)21-7-9-22(10-8-21)17(25)15-11-27-18(19-15)20-16(24)13-3-5-14(26-2)6-4-13/h3-6,11H,7-10H2,1-2H3,(H,19,20,24). The summed E-state index contributed by atoms with van der Waals surface area (Å²) < 4.78 is 5.07. The molecule has 0 radical (unpaired) electrons. The highest BCUT2D eigenvalue weighted by Crippen LogP contribution is 2.19. The fourth-order valence-corrected chi connectivity index (χ4v) is 3.41. The Bertz CT molecular complexity index is 841. The molecule has 142 valence electrons. The van der Waals surface area contributed by atoms with Gasteiger partial charge in [-0.1, -0.05) is 0 Å². The van der Waals surface area contributed by atoms with E-state index in [4.69, 9.17) is 4.74 Å². The Labute approximate surface area is 160 Å². The van der Waals surface area contributed by atoms with Crippen LogP contribution in [-0.4, -0.2) is 65.8 Å². The van der Waals surface area contributed by atoms with Crippen molar-refractivity contribution in [3.63, 3.8) is 0 Å². The molecule has 0 atom stereocenters. The first-order valence-corrected chi connectivity index (χ1v) is 9.31. The van der Waals surface area contributed by atoms with E-state index in [9.17, 15) is 14.4 Å². The van der Waals surface area contributed by atoms with Gasteiger partial charge >= 0.3 is 0 Å². The quantitative estimate of drug-likeness (QED) is 0.861. The predicted molar refractivity (Wildman–Crippen MR) is 101 cm³/mol. The number of carbonyl (C=O) groups is 3. The van der Waals surface area contributed by atoms with Gasteiger partial charge in [0, 0.05) is 44.0 Å². The Morgan fingerprint density at radius 3 is 2.30 bits per heavy atom. The van der Waals surface area contributed by atoms with E-state index in [2.05, 4.69) is 10.3 Å². The molecule has 27 heavy (non-hydrogen) atoms. The summed E-state index contributed by atoms with van der Waals surface area (Å²) in [4.78, 5) is 43.8. The lowest BCUT2D eigenvalue weighted by Crippen LogP contribution is -2.50. The molecule has 1 aromatic heterocycles. The van der Waals surface area contributed by atoms with E-state index in [0.717, 1.165) is 0 Å². The number of piperazine rings is 1. The minimum atomic E-state index is -0.305. The summed E-state index contributed by atoms with van der Waals surface area (Å²) in [6, 6.07) is 6.71. The van der Waals surface area contributed by atoms with Crippen LogP contribution in [0.15, 0.2) is 29.6 Å². The number of carbonyl (C=O) groups excluding carboxylic acids is 3. The van der Waals surface area contributed by atoms with Crippen LogP contribution in [0.4, 0.5) is 5.13 Å². The molecule has 2 heterocycles. The molecule has 0 unspecified atom stereocenters. The zero-order chi connectivity index (χ0) is 19.4. The minimum absolute atomic E-state index is 0.0132. The van der Waals surface area contributed by atoms with E-state index in [1.165, 1.54) is 18.3 Å². The molecule has 0 aliphatic carbocycles. The minimum Gasteiger partial charge on any atom is -0.497 e. The number of hydrogen-bond donors (Lipinski definition) is 1. The first-order valence-electron chi connectivity index (χ1n) is 8.43. The van der Waals surface area contributed by atoms with E-state index < -0.39 is 0 Å². The maximum atomic E-state index is 12.6. The van der Waals surface area contributed by atoms with Gasteiger partial charge in [0.25, 0.3) is 11.8 Å². The van der Waals surface area contributed by atoms with Crippen LogP contribution in [0.5, 0.6) is 5.75 Å². The summed E-state index contributed by atoms with van der Waals surface area (Å²) in [7, 11) is 1.56. The molecule has 1 N–H and O–H groups in total. The topological polar surface area (TPSA) is 91.8 Å². The Morgan fingerprint density at radius 1 is 1.07 bits per heavy atom. The van der Waals surface area contributed by atoms with Crippen molar-refractivity contribution < 1.29 is 19.1 Å². The monoisotopic (exact) mass is 388 g/mol. The van der Waals surface area contributed by atoms with Gasteiger partial charge in [0.05, 0.1) is 7.11 Å². The van der Waals surface area contributed by atoms with Crippen molar-refractivity contribution in [2.24, 2.45) is 0 Å². The number of aromatic nitrogens is 1. The third-order valence-corrected chi connectivity index (χ3v) is 5.07. The number of hydrogen-bond acceptors (Lipinski definition) is 6. The maximum Gasteiger partial charge on any atom is 0.273 e. The number of nitrogens with zero attached hydrogens (tertiary/aromatic N) is 3. The van der Waals surface area contributed by atoms with Crippen LogP contribution < -0.4 is 10.1 Å². The van der Waals surface area contributed by atoms with E-state index >= 15 is 0 Å². The Morgan fingerprint density at radius 2 is 1.70 bits per heavy atom. The number of ether oxygens (including phenoxy) is 1. The maximum absolute atomic E-state index is 12.6. The second-order valence-electron chi connectivity index (χ2n) is 6.02. The molecule has 1 aromatic carbocycles. The Hall–Kier alpha value is -2.94. The second kappa shape index (κ2) is 8.17. The Kier molecular flexibility index (Phi) is 5.70. The zero-order valence-electron chi connectivity index (χ0n) is 15.1. The number of methoxy groups -OCH3 is 1. The van der Waals surface area contributed by atoms with Crippen molar-refractivity contribution in [2.75, 3.05) is 38.6 Å². The summed E-state index contributed by atoms with van der Waals surface area (Å²) in [6.07, 6.45) is 0. The average molecular weight is 388 g/mol. The summed E-state index contributed by atoms with van der Waals surface area (Å²) in [5.41, 5.74) is 0.764. The molecule has 2 aromatic rings. The van der Waals surface area contributed by atoms with Crippen LogP contribution in [0.1, 0.15) is 27.8 Å². The molecule has 1 aliphatic heterocycles. The molecule has 0 spiro atoms. The molecular weight excluding hydrogens is 368 g/mol. The first kappa shape index (κ1) is 18.8. The van der Waals surface area contributed by atoms with Crippen LogP contribution in [0.2, 0.25) is 0 Å². The number of anilines is 1. The predicted octanol–water partition coefficient (Wildman–Crippen LogP) is 1.71. The smallest absolute Gasteiger partial charge is 0.273 e. The fourth-order valence-electron chi connectivity index (χ4n) is 2.73. The van der Waals surface area contributed by atoms with Gasteiger partial charge in [-0.15, -0.1) is 11.3 Å². The zero-order valence-corrected chi connectivity index (χ0v) is 15.9. The summed E-state index contributed by atoms with van der Waals surface area (Å²) in [6.45, 7) is 3.52. The number of benzene rings is 1. The summed E-state index contributed by atoms with van der Waals surface area (Å²) in [5.74, 6) is 0.179. The van der Waals surface area contributed by atoms with Gasteiger partial charge in [-0.3, -0.25) is 19.7 Å². The first-order chi connectivity index (χ1) is 13.0. The lowest BCUT2D eigenvalue weighted by molar-refractivity contribution is -0.130. The second-order valence-corrected chi connectivity index (χ2v) is 6.88. The summed E-state index contributed by atoms with van der Waals surface area (Å²) >= 11 is 1.20. The van der Waals surface area contributed by atoms with E-state index in [1.807, 2.05) is 0 Å². The third-order valence-electron chi connectivity index (χ3n) is 4.31. The Balaban J connectivity index is 1.60. The van der Waals surface area contributed by atoms with Gasteiger partial charge in [-0.2, -0.15) is 0 Å². The molecule has 8 nitrogen and oxygen atoms in total. The number of amides is 3. The highest BCUT2D eigenvalue weighted by molar-refractivity contribution is 7.14. The van der Waals surface area contributed by atoms with E-state index in [0.29, 0.717) is 48.3 Å². The van der Waals surface area contributed by atoms with Gasteiger partial charge in [-0.05, 0) is 24.3 Å². The van der Waals surface area contributed by atoms with Crippen molar-refractivity contribution >= 4 is 34.2 Å². The highest BCUT2D eigenvalue weighted by atomic mass is 32.1. The van der Waals surface area contributed by atoms with Gasteiger partial charge in [0.1, 0.15) is 11.4 Å². The van der Waals surface area contributed by atoms with Gasteiger partial charge in [0.15, 0.2) is 5.13 Å². The van der Waals surface area contributed by atoms with Crippen molar-refractivity contribution in [3.05, 3.63) is 40.9 Å². The number of thiazole rings is 1. The number of rotatable bonds is 4. The van der Waals surface area contributed by atoms with Crippen LogP contribution in [0.25, 0.3) is 0 Å². The molecule has 1 aliphatic rings. The molecule has 0 bridgehead atoms. The van der Waals surface area contributed by atoms with Crippen LogP contribution in [0, 0.1) is 0 Å². The molecule has 3 rings (SSSR count). The van der Waals surface area contributed by atoms with Crippen LogP contribution in [0.3, 0.4) is 0 Å². The third kappa shape index (κ3) is 4.43. The van der Waals surface area contributed by atoms with Crippen molar-refractivity contribution in [1.82, 2.24) is 14.8 Å². The largest absolute Gasteiger partial charge is 0.497 e. The van der Waals surface area contributed by atoms with E-state index in [1.54, 1.807) is 46.6 Å². The lowest BCUT2D eigenvalue weighted by Gasteiger charge is -2.33. The van der Waals surface area contributed by atoms with Gasteiger partial charge < -0.3 is 14.5 Å². The molecular formula is C18H20N4O4S. The normalized spacial score (nSPS) is 14.0. The molecule has 1 saturated heterocycles. The molecule has 1 fully saturated rings. The van der Waals surface area contributed by atoms with Crippen molar-refractivity contribution in [1.29, 1.82) is 0 Å². The SMILES string of the molecule is COc1ccc(C(=O)Nc2nc(C(=O)N3CCN(C(C)=O)CC3)cs2)cc1. The lowest BCUT2D eigenvalue weighted by atomic mass is 10.2. The molecule has 0 saturated carbocycles. The van der Waals surface area contributed by atoms with Crippen LogP contribution in [-0.2, 0) is 4.79 Å². The fraction of sp³-hybridized carbons (Fsp3) is 0.333. The molecule has 3 amide bonds.